The number of furan rings is 1. The summed E-state index contributed by atoms with van der Waals surface area (Å²) in [5, 5.41) is 3.26. The Labute approximate surface area is 123 Å². The molecule has 20 heavy (non-hydrogen) atoms. The second-order valence-corrected chi connectivity index (χ2v) is 5.72. The van der Waals surface area contributed by atoms with Crippen LogP contribution in [0.3, 0.4) is 0 Å². The molecule has 1 aromatic heterocycles. The maximum absolute atomic E-state index is 12.0. The predicted molar refractivity (Wildman–Crippen MR) is 78.0 cm³/mol. The molecule has 0 fully saturated rings. The van der Waals surface area contributed by atoms with E-state index in [0.717, 1.165) is 31.8 Å². The van der Waals surface area contributed by atoms with Crippen LogP contribution < -0.4 is 5.32 Å². The van der Waals surface area contributed by atoms with E-state index >= 15 is 0 Å². The lowest BCUT2D eigenvalue weighted by atomic mass is 10.3. The van der Waals surface area contributed by atoms with Gasteiger partial charge in [-0.2, -0.15) is 8.78 Å². The van der Waals surface area contributed by atoms with Crippen LogP contribution in [0.1, 0.15) is 38.2 Å². The van der Waals surface area contributed by atoms with Gasteiger partial charge < -0.3 is 14.5 Å². The summed E-state index contributed by atoms with van der Waals surface area (Å²) in [4.78, 5) is 0. The van der Waals surface area contributed by atoms with Gasteiger partial charge in [-0.25, -0.2) is 0 Å². The van der Waals surface area contributed by atoms with Crippen LogP contribution in [-0.4, -0.2) is 25.0 Å². The molecule has 0 radical (unpaired) electrons. The molecule has 6 heteroatoms. The number of nitrogens with one attached hydrogen (secondary N) is 1. The summed E-state index contributed by atoms with van der Waals surface area (Å²) in [5.41, 5.74) is 0. The van der Waals surface area contributed by atoms with E-state index in [2.05, 4.69) is 5.32 Å². The quantitative estimate of drug-likeness (QED) is 0.626. The first kappa shape index (κ1) is 17.5. The Balaban J connectivity index is 2.04. The van der Waals surface area contributed by atoms with Gasteiger partial charge in [0.25, 0.3) is 5.76 Å². The van der Waals surface area contributed by atoms with Crippen molar-refractivity contribution in [3.8, 4) is 0 Å². The molecule has 0 bridgehead atoms. The molecule has 0 atom stereocenters. The van der Waals surface area contributed by atoms with Crippen LogP contribution in [0.2, 0.25) is 0 Å². The zero-order chi connectivity index (χ0) is 14.8. The molecule has 0 unspecified atom stereocenters. The summed E-state index contributed by atoms with van der Waals surface area (Å²) in [7, 11) is 0. The fourth-order valence-corrected chi connectivity index (χ4v) is 2.07. The fourth-order valence-electron chi connectivity index (χ4n) is 1.62. The highest BCUT2D eigenvalue weighted by Crippen LogP contribution is 2.21. The number of halogens is 2. The largest absolute Gasteiger partial charge is 0.464 e. The molecule has 0 amide bonds. The Morgan fingerprint density at radius 1 is 1.25 bits per heavy atom. The van der Waals surface area contributed by atoms with E-state index < -0.39 is 5.76 Å². The van der Waals surface area contributed by atoms with E-state index in [0.29, 0.717) is 24.1 Å². The molecule has 0 spiro atoms. The van der Waals surface area contributed by atoms with Crippen molar-refractivity contribution in [1.82, 2.24) is 5.32 Å². The first-order chi connectivity index (χ1) is 9.58. The van der Waals surface area contributed by atoms with Crippen LogP contribution in [0.4, 0.5) is 8.78 Å². The summed E-state index contributed by atoms with van der Waals surface area (Å²) < 4.78 is 35.0. The smallest absolute Gasteiger partial charge is 0.284 e. The fraction of sp³-hybridized carbons (Fsp3) is 0.714. The van der Waals surface area contributed by atoms with Gasteiger partial charge in [0.1, 0.15) is 11.5 Å². The topological polar surface area (TPSA) is 34.4 Å². The van der Waals surface area contributed by atoms with Crippen molar-refractivity contribution in [2.45, 2.75) is 50.8 Å². The average molecular weight is 307 g/mol. The SMILES string of the molecule is CC(C)OCCCCNCc1ccc(CSC(F)F)o1. The van der Waals surface area contributed by atoms with Crippen molar-refractivity contribution < 1.29 is 17.9 Å². The van der Waals surface area contributed by atoms with E-state index in [1.165, 1.54) is 0 Å². The standard InChI is InChI=1S/C14H23F2NO2S/c1-11(2)18-8-4-3-7-17-9-12-5-6-13(19-12)10-20-14(15)16/h5-6,11,14,17H,3-4,7-10H2,1-2H3. The molecule has 0 aromatic carbocycles. The molecule has 0 saturated carbocycles. The Kier molecular flexibility index (Phi) is 8.89. The highest BCUT2D eigenvalue weighted by atomic mass is 32.2. The first-order valence-electron chi connectivity index (χ1n) is 6.87. The van der Waals surface area contributed by atoms with E-state index in [-0.39, 0.29) is 11.9 Å². The molecular formula is C14H23F2NO2S. The lowest BCUT2D eigenvalue weighted by molar-refractivity contribution is 0.0760. The summed E-state index contributed by atoms with van der Waals surface area (Å²) in [5.74, 6) is -0.759. The van der Waals surface area contributed by atoms with Crippen LogP contribution in [0, 0.1) is 0 Å². The van der Waals surface area contributed by atoms with Crippen molar-refractivity contribution >= 4 is 11.8 Å². The van der Waals surface area contributed by atoms with Gasteiger partial charge in [0.2, 0.25) is 0 Å². The number of alkyl halides is 2. The van der Waals surface area contributed by atoms with Gasteiger partial charge in [-0.3, -0.25) is 0 Å². The molecule has 1 heterocycles. The number of hydrogen-bond donors (Lipinski definition) is 1. The van der Waals surface area contributed by atoms with Crippen molar-refractivity contribution in [3.63, 3.8) is 0 Å². The Morgan fingerprint density at radius 2 is 2.00 bits per heavy atom. The molecule has 116 valence electrons. The monoisotopic (exact) mass is 307 g/mol. The molecule has 0 aliphatic carbocycles. The van der Waals surface area contributed by atoms with Gasteiger partial charge in [0.15, 0.2) is 0 Å². The van der Waals surface area contributed by atoms with Gasteiger partial charge in [-0.15, -0.1) is 0 Å². The van der Waals surface area contributed by atoms with Crippen molar-refractivity contribution in [1.29, 1.82) is 0 Å². The normalized spacial score (nSPS) is 11.7. The third-order valence-electron chi connectivity index (χ3n) is 2.57. The summed E-state index contributed by atoms with van der Waals surface area (Å²) in [6, 6.07) is 3.58. The van der Waals surface area contributed by atoms with Crippen molar-refractivity contribution in [2.75, 3.05) is 13.2 Å². The minimum Gasteiger partial charge on any atom is -0.464 e. The summed E-state index contributed by atoms with van der Waals surface area (Å²) in [6.07, 6.45) is 2.36. The Hall–Kier alpha value is -0.590. The predicted octanol–water partition coefficient (Wildman–Crippen LogP) is 4.03. The number of unbranched alkanes of at least 4 members (excludes halogenated alkanes) is 1. The zero-order valence-corrected chi connectivity index (χ0v) is 12.8. The second-order valence-electron chi connectivity index (χ2n) is 4.74. The van der Waals surface area contributed by atoms with Gasteiger partial charge in [-0.1, -0.05) is 11.8 Å². The van der Waals surface area contributed by atoms with Gasteiger partial charge >= 0.3 is 0 Å². The molecule has 3 nitrogen and oxygen atoms in total. The van der Waals surface area contributed by atoms with Crippen molar-refractivity contribution in [2.24, 2.45) is 0 Å². The van der Waals surface area contributed by atoms with Crippen LogP contribution in [0.25, 0.3) is 0 Å². The molecule has 0 saturated heterocycles. The Morgan fingerprint density at radius 3 is 2.70 bits per heavy atom. The number of thioether (sulfide) groups is 1. The molecular weight excluding hydrogens is 284 g/mol. The Bertz CT molecular complexity index is 359. The zero-order valence-electron chi connectivity index (χ0n) is 12.0. The van der Waals surface area contributed by atoms with Crippen LogP contribution in [0.5, 0.6) is 0 Å². The lowest BCUT2D eigenvalue weighted by Gasteiger charge is -2.07. The third kappa shape index (κ3) is 8.55. The number of ether oxygens (including phenoxy) is 1. The van der Waals surface area contributed by atoms with E-state index in [1.807, 2.05) is 19.9 Å². The van der Waals surface area contributed by atoms with Crippen LogP contribution >= 0.6 is 11.8 Å². The van der Waals surface area contributed by atoms with Gasteiger partial charge in [0, 0.05) is 6.61 Å². The summed E-state index contributed by atoms with van der Waals surface area (Å²) in [6.45, 7) is 6.36. The molecule has 0 aliphatic heterocycles. The number of hydrogen-bond acceptors (Lipinski definition) is 4. The number of rotatable bonds is 11. The summed E-state index contributed by atoms with van der Waals surface area (Å²) >= 11 is 0.576. The molecule has 1 rings (SSSR count). The van der Waals surface area contributed by atoms with Gasteiger partial charge in [0.05, 0.1) is 18.4 Å². The van der Waals surface area contributed by atoms with E-state index in [4.69, 9.17) is 9.15 Å². The minimum absolute atomic E-state index is 0.213. The molecule has 0 aliphatic rings. The highest BCUT2D eigenvalue weighted by molar-refractivity contribution is 7.98. The lowest BCUT2D eigenvalue weighted by Crippen LogP contribution is -2.15. The van der Waals surface area contributed by atoms with E-state index in [9.17, 15) is 8.78 Å². The maximum atomic E-state index is 12.0. The van der Waals surface area contributed by atoms with Crippen LogP contribution in [0.15, 0.2) is 16.5 Å². The van der Waals surface area contributed by atoms with E-state index in [1.54, 1.807) is 6.07 Å². The maximum Gasteiger partial charge on any atom is 0.284 e. The molecule has 1 aromatic rings. The minimum atomic E-state index is -2.35. The van der Waals surface area contributed by atoms with Gasteiger partial charge in [-0.05, 0) is 45.4 Å². The molecule has 1 N–H and O–H groups in total. The average Bonchev–Trinajstić information content (AvgIpc) is 2.83. The first-order valence-corrected chi connectivity index (χ1v) is 7.92. The second kappa shape index (κ2) is 10.2. The van der Waals surface area contributed by atoms with Crippen molar-refractivity contribution in [3.05, 3.63) is 23.7 Å². The van der Waals surface area contributed by atoms with Crippen LogP contribution in [-0.2, 0) is 17.0 Å². The third-order valence-corrected chi connectivity index (χ3v) is 3.27. The highest BCUT2D eigenvalue weighted by Gasteiger charge is 2.07.